The Balaban J connectivity index is 1.76. The Morgan fingerprint density at radius 2 is 1.96 bits per heavy atom. The van der Waals surface area contributed by atoms with Crippen LogP contribution in [0.25, 0.3) is 0 Å². The van der Waals surface area contributed by atoms with Crippen molar-refractivity contribution in [1.29, 1.82) is 0 Å². The molecule has 7 heteroatoms. The molecule has 0 N–H and O–H groups in total. The van der Waals surface area contributed by atoms with Gasteiger partial charge >= 0.3 is 6.03 Å². The molecular weight excluding hydrogens is 306 g/mol. The number of amides is 3. The molecule has 1 saturated carbocycles. The van der Waals surface area contributed by atoms with E-state index in [1.807, 2.05) is 18.7 Å². The van der Waals surface area contributed by atoms with Crippen molar-refractivity contribution in [1.82, 2.24) is 24.7 Å². The number of urea groups is 1. The molecule has 1 aliphatic carbocycles. The summed E-state index contributed by atoms with van der Waals surface area (Å²) < 4.78 is 0. The lowest BCUT2D eigenvalue weighted by Gasteiger charge is -2.47. The zero-order valence-corrected chi connectivity index (χ0v) is 14.8. The molecule has 0 atom stereocenters. The Labute approximate surface area is 142 Å². The van der Waals surface area contributed by atoms with E-state index in [0.717, 1.165) is 18.7 Å². The van der Waals surface area contributed by atoms with E-state index < -0.39 is 5.54 Å². The van der Waals surface area contributed by atoms with Crippen LogP contribution in [0.4, 0.5) is 4.79 Å². The molecule has 7 nitrogen and oxygen atoms in total. The lowest BCUT2D eigenvalue weighted by atomic mass is 9.98. The van der Waals surface area contributed by atoms with E-state index in [4.69, 9.17) is 0 Å². The Bertz CT molecular complexity index is 654. The fourth-order valence-corrected chi connectivity index (χ4v) is 3.15. The summed E-state index contributed by atoms with van der Waals surface area (Å²) in [5.74, 6) is 1.11. The summed E-state index contributed by atoms with van der Waals surface area (Å²) in [6.45, 7) is 5.53. The first-order chi connectivity index (χ1) is 11.3. The molecule has 1 aromatic rings. The van der Waals surface area contributed by atoms with Gasteiger partial charge < -0.3 is 14.7 Å². The van der Waals surface area contributed by atoms with Crippen molar-refractivity contribution < 1.29 is 9.59 Å². The molecule has 0 unspecified atom stereocenters. The van der Waals surface area contributed by atoms with Crippen molar-refractivity contribution in [3.8, 4) is 0 Å². The third-order valence-corrected chi connectivity index (χ3v) is 4.64. The Kier molecular flexibility index (Phi) is 4.19. The average molecular weight is 331 g/mol. The van der Waals surface area contributed by atoms with E-state index in [0.29, 0.717) is 31.2 Å². The number of carbonyl (C=O) groups is 2. The van der Waals surface area contributed by atoms with Crippen molar-refractivity contribution in [2.45, 2.75) is 38.1 Å². The molecule has 1 aromatic heterocycles. The minimum Gasteiger partial charge on any atom is -0.331 e. The average Bonchev–Trinajstić information content (AvgIpc) is 3.37. The van der Waals surface area contributed by atoms with Crippen molar-refractivity contribution in [3.05, 3.63) is 23.8 Å². The highest BCUT2D eigenvalue weighted by molar-refractivity contribution is 5.93. The van der Waals surface area contributed by atoms with Crippen molar-refractivity contribution in [3.63, 3.8) is 0 Å². The second kappa shape index (κ2) is 6.03. The SMILES string of the molecule is CN(C)C(=O)N1CCN(C(=O)c2ccnc(C3CC3)n2)C(C)(C)C1. The minimum atomic E-state index is -0.439. The number of rotatable bonds is 2. The zero-order chi connectivity index (χ0) is 17.5. The molecule has 1 saturated heterocycles. The lowest BCUT2D eigenvalue weighted by Crippen LogP contribution is -2.63. The molecule has 3 amide bonds. The number of piperazine rings is 1. The van der Waals surface area contributed by atoms with E-state index in [-0.39, 0.29) is 11.9 Å². The maximum absolute atomic E-state index is 12.9. The molecule has 1 aliphatic heterocycles. The zero-order valence-electron chi connectivity index (χ0n) is 14.8. The summed E-state index contributed by atoms with van der Waals surface area (Å²) in [5, 5.41) is 0. The van der Waals surface area contributed by atoms with Crippen LogP contribution in [-0.2, 0) is 0 Å². The van der Waals surface area contributed by atoms with Gasteiger partial charge in [-0.25, -0.2) is 14.8 Å². The van der Waals surface area contributed by atoms with Gasteiger partial charge in [0.25, 0.3) is 5.91 Å². The molecule has 2 aliphatic rings. The van der Waals surface area contributed by atoms with Crippen LogP contribution in [0, 0.1) is 0 Å². The second-order valence-corrected chi connectivity index (χ2v) is 7.44. The van der Waals surface area contributed by atoms with Crippen molar-refractivity contribution in [2.75, 3.05) is 33.7 Å². The first-order valence-electron chi connectivity index (χ1n) is 8.41. The number of hydrogen-bond donors (Lipinski definition) is 0. The van der Waals surface area contributed by atoms with Gasteiger partial charge in [-0.1, -0.05) is 0 Å². The number of nitrogens with zero attached hydrogens (tertiary/aromatic N) is 5. The van der Waals surface area contributed by atoms with Gasteiger partial charge in [-0.15, -0.1) is 0 Å². The van der Waals surface area contributed by atoms with Gasteiger partial charge in [-0.2, -0.15) is 0 Å². The van der Waals surface area contributed by atoms with Gasteiger partial charge in [0.1, 0.15) is 11.5 Å². The topological polar surface area (TPSA) is 69.6 Å². The summed E-state index contributed by atoms with van der Waals surface area (Å²) in [4.78, 5) is 39.1. The normalized spacial score (nSPS) is 20.0. The van der Waals surface area contributed by atoms with Crippen molar-refractivity contribution in [2.24, 2.45) is 0 Å². The van der Waals surface area contributed by atoms with E-state index in [2.05, 4.69) is 9.97 Å². The van der Waals surface area contributed by atoms with E-state index in [1.165, 1.54) is 0 Å². The van der Waals surface area contributed by atoms with Gasteiger partial charge in [-0.3, -0.25) is 4.79 Å². The van der Waals surface area contributed by atoms with Crippen LogP contribution in [0.5, 0.6) is 0 Å². The maximum atomic E-state index is 12.9. The Morgan fingerprint density at radius 3 is 2.54 bits per heavy atom. The highest BCUT2D eigenvalue weighted by Crippen LogP contribution is 2.37. The lowest BCUT2D eigenvalue weighted by molar-refractivity contribution is 0.0236. The van der Waals surface area contributed by atoms with Crippen LogP contribution in [-0.4, -0.2) is 75.9 Å². The smallest absolute Gasteiger partial charge is 0.319 e. The van der Waals surface area contributed by atoms with Crippen molar-refractivity contribution >= 4 is 11.9 Å². The maximum Gasteiger partial charge on any atom is 0.319 e. The molecule has 130 valence electrons. The van der Waals surface area contributed by atoms with Gasteiger partial charge in [-0.05, 0) is 32.8 Å². The quantitative estimate of drug-likeness (QED) is 0.825. The summed E-state index contributed by atoms with van der Waals surface area (Å²) in [6, 6.07) is 1.66. The Morgan fingerprint density at radius 1 is 1.25 bits per heavy atom. The van der Waals surface area contributed by atoms with Gasteiger partial charge in [0.05, 0.1) is 5.54 Å². The predicted octanol–water partition coefficient (Wildman–Crippen LogP) is 1.57. The molecule has 2 fully saturated rings. The number of hydrogen-bond acceptors (Lipinski definition) is 4. The summed E-state index contributed by atoms with van der Waals surface area (Å²) >= 11 is 0. The fraction of sp³-hybridized carbons (Fsp3) is 0.647. The molecule has 3 rings (SSSR count). The van der Waals surface area contributed by atoms with Crippen LogP contribution in [0.1, 0.15) is 48.9 Å². The minimum absolute atomic E-state index is 0.0202. The van der Waals surface area contributed by atoms with Crippen LogP contribution < -0.4 is 0 Å². The largest absolute Gasteiger partial charge is 0.331 e. The van der Waals surface area contributed by atoms with Gasteiger partial charge in [0.15, 0.2) is 0 Å². The third kappa shape index (κ3) is 3.20. The number of aromatic nitrogens is 2. The first kappa shape index (κ1) is 16.7. The summed E-state index contributed by atoms with van der Waals surface area (Å²) in [7, 11) is 3.49. The molecule has 0 spiro atoms. The predicted molar refractivity (Wildman–Crippen MR) is 89.8 cm³/mol. The fourth-order valence-electron chi connectivity index (χ4n) is 3.15. The van der Waals surface area contributed by atoms with Crippen LogP contribution in [0.3, 0.4) is 0 Å². The highest BCUT2D eigenvalue weighted by atomic mass is 16.2. The summed E-state index contributed by atoms with van der Waals surface area (Å²) in [5.41, 5.74) is 0.0125. The molecule has 2 heterocycles. The van der Waals surface area contributed by atoms with Crippen LogP contribution >= 0.6 is 0 Å². The van der Waals surface area contributed by atoms with E-state index >= 15 is 0 Å². The Hall–Kier alpha value is -2.18. The molecule has 0 aromatic carbocycles. The van der Waals surface area contributed by atoms with E-state index in [9.17, 15) is 9.59 Å². The third-order valence-electron chi connectivity index (χ3n) is 4.64. The van der Waals surface area contributed by atoms with Crippen LogP contribution in [0.2, 0.25) is 0 Å². The molecule has 0 radical (unpaired) electrons. The number of carbonyl (C=O) groups excluding carboxylic acids is 2. The summed E-state index contributed by atoms with van der Waals surface area (Å²) in [6.07, 6.45) is 3.88. The molecular formula is C17H25N5O2. The monoisotopic (exact) mass is 331 g/mol. The van der Waals surface area contributed by atoms with Gasteiger partial charge in [0, 0.05) is 45.8 Å². The molecule has 24 heavy (non-hydrogen) atoms. The first-order valence-corrected chi connectivity index (χ1v) is 8.41. The van der Waals surface area contributed by atoms with E-state index in [1.54, 1.807) is 36.2 Å². The second-order valence-electron chi connectivity index (χ2n) is 7.44. The molecule has 0 bridgehead atoms. The standard InChI is InChI=1S/C17H25N5O2/c1-17(2)11-21(16(24)20(3)4)9-10-22(17)15(23)13-7-8-18-14(19-13)12-5-6-12/h7-8,12H,5-6,9-11H2,1-4H3. The highest BCUT2D eigenvalue weighted by Gasteiger charge is 2.39. The van der Waals surface area contributed by atoms with Crippen LogP contribution in [0.15, 0.2) is 12.3 Å². The van der Waals surface area contributed by atoms with Gasteiger partial charge in [0.2, 0.25) is 0 Å².